The normalized spacial score (nSPS) is 12.6. The quantitative estimate of drug-likeness (QED) is 0.104. The fraction of sp³-hybridized carbons (Fsp3) is 0. The molecular formula is C58H32N2O2. The molecule has 0 fully saturated rings. The summed E-state index contributed by atoms with van der Waals surface area (Å²) in [5, 5.41) is 46.1. The van der Waals surface area contributed by atoms with Crippen molar-refractivity contribution in [2.24, 2.45) is 0 Å². The lowest BCUT2D eigenvalue weighted by Crippen LogP contribution is -1.93. The van der Waals surface area contributed by atoms with Crippen LogP contribution in [0.25, 0.3) is 152 Å². The van der Waals surface area contributed by atoms with Crippen LogP contribution in [0.4, 0.5) is 0 Å². The summed E-state index contributed by atoms with van der Waals surface area (Å²) in [6.07, 6.45) is 0. The third-order valence-electron chi connectivity index (χ3n) is 14.2. The number of rotatable bonds is 2. The average Bonchev–Trinajstić information content (AvgIpc) is 3.87. The molecular weight excluding hydrogens is 757 g/mol. The van der Waals surface area contributed by atoms with Crippen LogP contribution in [-0.4, -0.2) is 20.2 Å². The molecule has 15 rings (SSSR count). The van der Waals surface area contributed by atoms with Crippen molar-refractivity contribution in [2.75, 3.05) is 0 Å². The van der Waals surface area contributed by atoms with Crippen molar-refractivity contribution in [1.82, 2.24) is 9.97 Å². The summed E-state index contributed by atoms with van der Waals surface area (Å²) in [4.78, 5) is 7.86. The van der Waals surface area contributed by atoms with E-state index in [0.717, 1.165) is 76.6 Å². The molecule has 0 saturated carbocycles. The molecule has 15 aromatic rings. The Morgan fingerprint density at radius 3 is 1.02 bits per heavy atom. The van der Waals surface area contributed by atoms with Gasteiger partial charge in [0.05, 0.1) is 11.0 Å². The minimum absolute atomic E-state index is 0.212. The number of hydrogen-bond acceptors (Lipinski definition) is 2. The highest BCUT2D eigenvalue weighted by Gasteiger charge is 2.27. The highest BCUT2D eigenvalue weighted by molar-refractivity contribution is 6.40. The van der Waals surface area contributed by atoms with E-state index in [0.29, 0.717) is 0 Å². The van der Waals surface area contributed by atoms with Gasteiger partial charge in [-0.15, -0.1) is 0 Å². The van der Waals surface area contributed by atoms with Crippen molar-refractivity contribution in [3.8, 4) is 33.8 Å². The first-order valence-corrected chi connectivity index (χ1v) is 21.2. The highest BCUT2D eigenvalue weighted by atomic mass is 16.3. The van der Waals surface area contributed by atoms with Crippen LogP contribution >= 0.6 is 0 Å². The molecule has 4 N–H and O–H groups in total. The zero-order chi connectivity index (χ0) is 40.5. The highest BCUT2D eigenvalue weighted by Crippen LogP contribution is 2.53. The minimum atomic E-state index is 0.212. The molecule has 0 amide bonds. The molecule has 2 aromatic heterocycles. The predicted octanol–water partition coefficient (Wildman–Crippen LogP) is 15.8. The van der Waals surface area contributed by atoms with Gasteiger partial charge >= 0.3 is 0 Å². The summed E-state index contributed by atoms with van der Waals surface area (Å²) >= 11 is 0. The molecule has 0 atom stereocenters. The van der Waals surface area contributed by atoms with Gasteiger partial charge in [-0.25, -0.2) is 0 Å². The zero-order valence-corrected chi connectivity index (χ0v) is 33.1. The van der Waals surface area contributed by atoms with Crippen LogP contribution < -0.4 is 0 Å². The molecule has 4 nitrogen and oxygen atoms in total. The number of benzene rings is 13. The Morgan fingerprint density at radius 2 is 0.613 bits per heavy atom. The predicted molar refractivity (Wildman–Crippen MR) is 262 cm³/mol. The second-order valence-corrected chi connectivity index (χ2v) is 17.2. The van der Waals surface area contributed by atoms with Crippen molar-refractivity contribution in [1.29, 1.82) is 0 Å². The SMILES string of the molecule is Oc1ccc2[nH]c3c(-c4ccc5c6cccc7cccc(c8cccc4c85)c76)c4c([nH]c5ccc(O)cc54)c(-c4ccc5c6cccc7cccc(c8cccc4c85)c76)c3c2c1. The van der Waals surface area contributed by atoms with Gasteiger partial charge in [-0.05, 0) is 134 Å². The van der Waals surface area contributed by atoms with E-state index in [4.69, 9.17) is 0 Å². The summed E-state index contributed by atoms with van der Waals surface area (Å²) in [7, 11) is 0. The number of phenols is 2. The van der Waals surface area contributed by atoms with E-state index < -0.39 is 0 Å². The van der Waals surface area contributed by atoms with Gasteiger partial charge in [0.1, 0.15) is 11.5 Å². The summed E-state index contributed by atoms with van der Waals surface area (Å²) in [6.45, 7) is 0. The first-order chi connectivity index (χ1) is 30.6. The van der Waals surface area contributed by atoms with Crippen LogP contribution in [0.5, 0.6) is 11.5 Å². The van der Waals surface area contributed by atoms with Gasteiger partial charge in [-0.3, -0.25) is 0 Å². The standard InChI is InChI=1S/C58H32N2O2/c61-31-19-25-47-45(27-31)55-53(43-23-21-41-35-13-3-9-29-7-1-11-33(49(29)35)37-15-5-17-39(43)51(37)41)57-56(46-28-32(62)20-26-48(46)59-57)54(58(55)60-47)44-24-22-42-36-14-4-10-30-8-2-12-34(50(30)36)38-16-6-18-40(44)52(38)42/h1-28,59-62H. The number of aromatic hydroxyl groups is 2. The third kappa shape index (κ3) is 3.93. The van der Waals surface area contributed by atoms with Crippen molar-refractivity contribution in [3.63, 3.8) is 0 Å². The molecule has 0 aliphatic rings. The maximum Gasteiger partial charge on any atom is 0.116 e. The molecule has 4 heteroatoms. The number of nitrogens with one attached hydrogen (secondary N) is 2. The monoisotopic (exact) mass is 788 g/mol. The van der Waals surface area contributed by atoms with Gasteiger partial charge in [0.15, 0.2) is 0 Å². The largest absolute Gasteiger partial charge is 0.508 e. The van der Waals surface area contributed by atoms with E-state index >= 15 is 0 Å². The Balaban J connectivity index is 1.17. The molecule has 0 spiro atoms. The number of hydrogen-bond donors (Lipinski definition) is 4. The number of H-pyrrole nitrogens is 2. The Hall–Kier alpha value is -8.34. The average molecular weight is 789 g/mol. The van der Waals surface area contributed by atoms with Crippen molar-refractivity contribution in [2.45, 2.75) is 0 Å². The topological polar surface area (TPSA) is 72.0 Å². The second kappa shape index (κ2) is 11.3. The van der Waals surface area contributed by atoms with Gasteiger partial charge < -0.3 is 20.2 Å². The van der Waals surface area contributed by atoms with E-state index in [-0.39, 0.29) is 11.5 Å². The number of aromatic nitrogens is 2. The minimum Gasteiger partial charge on any atom is -0.508 e. The molecule has 2 heterocycles. The van der Waals surface area contributed by atoms with Crippen molar-refractivity contribution in [3.05, 3.63) is 170 Å². The van der Waals surface area contributed by atoms with Crippen LogP contribution in [0.15, 0.2) is 170 Å². The van der Waals surface area contributed by atoms with E-state index in [1.165, 1.54) is 75.4 Å². The van der Waals surface area contributed by atoms with E-state index in [2.05, 4.69) is 143 Å². The smallest absolute Gasteiger partial charge is 0.116 e. The fourth-order valence-corrected chi connectivity index (χ4v) is 11.8. The molecule has 0 radical (unpaired) electrons. The van der Waals surface area contributed by atoms with E-state index in [1.807, 2.05) is 24.3 Å². The lowest BCUT2D eigenvalue weighted by Gasteiger charge is -2.20. The molecule has 0 unspecified atom stereocenters. The molecule has 0 aliphatic carbocycles. The maximum atomic E-state index is 11.2. The lowest BCUT2D eigenvalue weighted by atomic mass is 9.83. The number of phenolic OH excluding ortho intramolecular Hbond substituents is 2. The first-order valence-electron chi connectivity index (χ1n) is 21.2. The summed E-state index contributed by atoms with van der Waals surface area (Å²) in [6, 6.07) is 60.5. The number of aromatic amines is 2. The van der Waals surface area contributed by atoms with E-state index in [9.17, 15) is 10.2 Å². The summed E-state index contributed by atoms with van der Waals surface area (Å²) in [5.41, 5.74) is 8.13. The summed E-state index contributed by atoms with van der Waals surface area (Å²) < 4.78 is 0. The van der Waals surface area contributed by atoms with Crippen molar-refractivity contribution >= 4 is 130 Å². The second-order valence-electron chi connectivity index (χ2n) is 17.2. The Labute approximate surface area is 352 Å². The van der Waals surface area contributed by atoms with Crippen LogP contribution in [0.1, 0.15) is 0 Å². The third-order valence-corrected chi connectivity index (χ3v) is 14.2. The molecule has 62 heavy (non-hydrogen) atoms. The fourth-order valence-electron chi connectivity index (χ4n) is 11.8. The zero-order valence-electron chi connectivity index (χ0n) is 33.1. The first kappa shape index (κ1) is 32.5. The van der Waals surface area contributed by atoms with Gasteiger partial charge in [-0.2, -0.15) is 0 Å². The molecule has 286 valence electrons. The van der Waals surface area contributed by atoms with Gasteiger partial charge in [-0.1, -0.05) is 133 Å². The van der Waals surface area contributed by atoms with Crippen LogP contribution in [0, 0.1) is 0 Å². The van der Waals surface area contributed by atoms with Gasteiger partial charge in [0, 0.05) is 43.7 Å². The van der Waals surface area contributed by atoms with Crippen LogP contribution in [-0.2, 0) is 0 Å². The lowest BCUT2D eigenvalue weighted by molar-refractivity contribution is 0.475. The Kier molecular flexibility index (Phi) is 5.91. The molecule has 0 saturated heterocycles. The Morgan fingerprint density at radius 1 is 0.274 bits per heavy atom. The maximum absolute atomic E-state index is 11.2. The molecule has 13 aromatic carbocycles. The summed E-state index contributed by atoms with van der Waals surface area (Å²) in [5.74, 6) is 0.423. The van der Waals surface area contributed by atoms with E-state index in [1.54, 1.807) is 12.1 Å². The van der Waals surface area contributed by atoms with Gasteiger partial charge in [0.25, 0.3) is 0 Å². The molecule has 0 bridgehead atoms. The van der Waals surface area contributed by atoms with Crippen LogP contribution in [0.2, 0.25) is 0 Å². The van der Waals surface area contributed by atoms with Crippen molar-refractivity contribution < 1.29 is 10.2 Å². The van der Waals surface area contributed by atoms with Gasteiger partial charge in [0.2, 0.25) is 0 Å². The number of fused-ring (bicyclic) bond motifs is 10. The molecule has 0 aliphatic heterocycles. The Bertz CT molecular complexity index is 4090. The van der Waals surface area contributed by atoms with Crippen LogP contribution in [0.3, 0.4) is 0 Å².